The highest BCUT2D eigenvalue weighted by Crippen LogP contribution is 2.37. The van der Waals surface area contributed by atoms with E-state index in [0.717, 1.165) is 0 Å². The van der Waals surface area contributed by atoms with Crippen LogP contribution in [0, 0.1) is 18.7 Å². The van der Waals surface area contributed by atoms with Crippen LogP contribution in [-0.4, -0.2) is 42.6 Å². The van der Waals surface area contributed by atoms with Crippen LogP contribution < -0.4 is 10.6 Å². The molecule has 0 saturated heterocycles. The number of hydrogen-bond donors (Lipinski definition) is 3. The lowest BCUT2D eigenvalue weighted by molar-refractivity contribution is -0.119. The zero-order valence-electron chi connectivity index (χ0n) is 18.1. The quantitative estimate of drug-likeness (QED) is 0.429. The van der Waals surface area contributed by atoms with E-state index in [1.54, 1.807) is 36.8 Å². The van der Waals surface area contributed by atoms with Crippen molar-refractivity contribution in [2.75, 3.05) is 5.32 Å². The smallest absolute Gasteiger partial charge is 0.231 e. The number of benzene rings is 1. The van der Waals surface area contributed by atoms with E-state index in [4.69, 9.17) is 0 Å². The third-order valence-corrected chi connectivity index (χ3v) is 5.87. The van der Waals surface area contributed by atoms with Gasteiger partial charge < -0.3 is 15.0 Å². The number of carbonyl (C=O) groups is 2. The molecule has 0 spiro atoms. The van der Waals surface area contributed by atoms with Crippen molar-refractivity contribution in [2.24, 2.45) is 5.92 Å². The van der Waals surface area contributed by atoms with Crippen molar-refractivity contribution in [3.05, 3.63) is 41.7 Å². The first kappa shape index (κ1) is 21.0. The molecule has 170 valence electrons. The number of alkyl halides is 1. The maximum atomic E-state index is 15.5. The fourth-order valence-corrected chi connectivity index (χ4v) is 4.16. The number of aromatic amines is 1. The molecule has 0 aliphatic heterocycles. The highest BCUT2D eigenvalue weighted by molar-refractivity contribution is 5.98. The van der Waals surface area contributed by atoms with Crippen molar-refractivity contribution < 1.29 is 18.4 Å². The Morgan fingerprint density at radius 3 is 2.76 bits per heavy atom. The molecular weight excluding hydrogens is 432 g/mol. The summed E-state index contributed by atoms with van der Waals surface area (Å²) >= 11 is 0. The molecule has 0 bridgehead atoms. The lowest BCUT2D eigenvalue weighted by atomic mass is 9.94. The second-order valence-corrected chi connectivity index (χ2v) is 8.32. The Labute approximate surface area is 186 Å². The Hall–Kier alpha value is -3.89. The number of H-pyrrole nitrogens is 1. The van der Waals surface area contributed by atoms with Crippen LogP contribution in [0.2, 0.25) is 0 Å². The highest BCUT2D eigenvalue weighted by atomic mass is 19.1. The molecule has 1 saturated carbocycles. The molecule has 5 rings (SSSR count). The third-order valence-electron chi connectivity index (χ3n) is 5.87. The van der Waals surface area contributed by atoms with Gasteiger partial charge in [-0.25, -0.2) is 13.8 Å². The summed E-state index contributed by atoms with van der Waals surface area (Å²) in [4.78, 5) is 32.3. The Kier molecular flexibility index (Phi) is 4.84. The van der Waals surface area contributed by atoms with Gasteiger partial charge in [-0.2, -0.15) is 5.10 Å². The minimum Gasteiger partial charge on any atom is -0.350 e. The number of fused-ring (bicyclic) bond motifs is 2. The van der Waals surface area contributed by atoms with Crippen LogP contribution in [0.5, 0.6) is 0 Å². The van der Waals surface area contributed by atoms with E-state index in [0.29, 0.717) is 38.9 Å². The number of anilines is 1. The summed E-state index contributed by atoms with van der Waals surface area (Å²) in [6.45, 7) is 4.73. The molecule has 2 amide bonds. The van der Waals surface area contributed by atoms with Gasteiger partial charge >= 0.3 is 0 Å². The summed E-state index contributed by atoms with van der Waals surface area (Å²) in [6.07, 6.45) is 5.51. The molecule has 3 atom stereocenters. The minimum atomic E-state index is -1.10. The van der Waals surface area contributed by atoms with E-state index in [2.05, 4.69) is 30.8 Å². The Morgan fingerprint density at radius 2 is 2.06 bits per heavy atom. The number of imidazole rings is 1. The molecule has 3 aromatic heterocycles. The molecule has 1 aliphatic carbocycles. The summed E-state index contributed by atoms with van der Waals surface area (Å²) in [5, 5.41) is 12.9. The molecular formula is C22H21F2N7O2. The standard InChI is InChI=1S/C22H21F2N7O2/c1-9-18(13-5-26-30-21(13)19(20(9)24)10(2)27-11(3)32)15-7-31-8-16(28-17(31)6-25-15)29-22(33)12-4-14(12)23/h5-8,10,12,14H,4H2,1-3H3,(H,26,30)(H,27,32)(H,29,33)/t10?,12-,14+/m1/s1. The number of aromatic nitrogens is 5. The van der Waals surface area contributed by atoms with Crippen LogP contribution in [0.3, 0.4) is 0 Å². The summed E-state index contributed by atoms with van der Waals surface area (Å²) < 4.78 is 30.3. The van der Waals surface area contributed by atoms with Crippen molar-refractivity contribution in [3.63, 3.8) is 0 Å². The van der Waals surface area contributed by atoms with Crippen LogP contribution >= 0.6 is 0 Å². The van der Waals surface area contributed by atoms with Gasteiger partial charge in [0.1, 0.15) is 12.0 Å². The first-order valence-corrected chi connectivity index (χ1v) is 10.5. The summed E-state index contributed by atoms with van der Waals surface area (Å²) in [7, 11) is 0. The van der Waals surface area contributed by atoms with Crippen LogP contribution in [-0.2, 0) is 9.59 Å². The zero-order chi connectivity index (χ0) is 23.4. The van der Waals surface area contributed by atoms with E-state index in [1.807, 2.05) is 0 Å². The van der Waals surface area contributed by atoms with Crippen molar-refractivity contribution in [2.45, 2.75) is 39.4 Å². The summed E-state index contributed by atoms with van der Waals surface area (Å²) in [5.41, 5.74) is 2.65. The first-order chi connectivity index (χ1) is 15.7. The molecule has 33 heavy (non-hydrogen) atoms. The van der Waals surface area contributed by atoms with Gasteiger partial charge in [-0.05, 0) is 25.8 Å². The Bertz CT molecular complexity index is 1430. The molecule has 1 fully saturated rings. The molecule has 1 aromatic carbocycles. The fourth-order valence-electron chi connectivity index (χ4n) is 4.16. The average Bonchev–Trinajstić information content (AvgIpc) is 3.12. The van der Waals surface area contributed by atoms with E-state index >= 15 is 4.39 Å². The number of nitrogens with one attached hydrogen (secondary N) is 3. The fraction of sp³-hybridized carbons (Fsp3) is 0.318. The summed E-state index contributed by atoms with van der Waals surface area (Å²) in [6, 6.07) is -0.566. The molecule has 3 N–H and O–H groups in total. The largest absolute Gasteiger partial charge is 0.350 e. The predicted octanol–water partition coefficient (Wildman–Crippen LogP) is 3.21. The number of halogens is 2. The second-order valence-electron chi connectivity index (χ2n) is 8.32. The van der Waals surface area contributed by atoms with E-state index in [9.17, 15) is 14.0 Å². The SMILES string of the molecule is CC(=O)NC(C)c1c(F)c(C)c(-c2cn3cc(NC(=O)[C@@H]4C[C@@H]4F)nc3cn2)c2cn[nH]c12. The van der Waals surface area contributed by atoms with E-state index in [-0.39, 0.29) is 18.1 Å². The monoisotopic (exact) mass is 453 g/mol. The van der Waals surface area contributed by atoms with Gasteiger partial charge in [-0.1, -0.05) is 0 Å². The number of carbonyl (C=O) groups excluding carboxylic acids is 2. The number of hydrogen-bond acceptors (Lipinski definition) is 5. The predicted molar refractivity (Wildman–Crippen MR) is 117 cm³/mol. The molecule has 1 unspecified atom stereocenters. The Morgan fingerprint density at radius 1 is 1.30 bits per heavy atom. The van der Waals surface area contributed by atoms with Crippen molar-refractivity contribution in [3.8, 4) is 11.3 Å². The van der Waals surface area contributed by atoms with Crippen molar-refractivity contribution in [1.29, 1.82) is 0 Å². The lowest BCUT2D eigenvalue weighted by Crippen LogP contribution is -2.25. The van der Waals surface area contributed by atoms with Gasteiger partial charge in [-0.3, -0.25) is 19.7 Å². The summed E-state index contributed by atoms with van der Waals surface area (Å²) in [5.74, 6) is -1.47. The average molecular weight is 453 g/mol. The number of rotatable bonds is 5. The van der Waals surface area contributed by atoms with Crippen LogP contribution in [0.25, 0.3) is 27.8 Å². The van der Waals surface area contributed by atoms with Crippen molar-refractivity contribution in [1.82, 2.24) is 29.9 Å². The van der Waals surface area contributed by atoms with Gasteiger partial charge in [0, 0.05) is 29.6 Å². The highest BCUT2D eigenvalue weighted by Gasteiger charge is 2.43. The minimum absolute atomic E-state index is 0.229. The maximum Gasteiger partial charge on any atom is 0.231 e. The van der Waals surface area contributed by atoms with Crippen molar-refractivity contribution >= 4 is 34.2 Å². The number of nitrogens with zero attached hydrogens (tertiary/aromatic N) is 4. The van der Waals surface area contributed by atoms with E-state index in [1.165, 1.54) is 13.1 Å². The van der Waals surface area contributed by atoms with Crippen LogP contribution in [0.15, 0.2) is 24.8 Å². The van der Waals surface area contributed by atoms with Gasteiger partial charge in [0.05, 0.1) is 41.8 Å². The maximum absolute atomic E-state index is 15.5. The van der Waals surface area contributed by atoms with E-state index < -0.39 is 29.9 Å². The first-order valence-electron chi connectivity index (χ1n) is 10.5. The third kappa shape index (κ3) is 3.59. The van der Waals surface area contributed by atoms with Gasteiger partial charge in [-0.15, -0.1) is 0 Å². The second kappa shape index (κ2) is 7.61. The number of amides is 2. The molecule has 4 aromatic rings. The van der Waals surface area contributed by atoms with Crippen LogP contribution in [0.1, 0.15) is 37.4 Å². The topological polar surface area (TPSA) is 117 Å². The zero-order valence-corrected chi connectivity index (χ0v) is 18.1. The van der Waals surface area contributed by atoms with Gasteiger partial charge in [0.15, 0.2) is 11.5 Å². The van der Waals surface area contributed by atoms with Gasteiger partial charge in [0.25, 0.3) is 0 Å². The lowest BCUT2D eigenvalue weighted by Gasteiger charge is -2.18. The normalized spacial score (nSPS) is 18.5. The molecule has 9 nitrogen and oxygen atoms in total. The molecule has 1 aliphatic rings. The molecule has 11 heteroatoms. The molecule has 0 radical (unpaired) electrons. The van der Waals surface area contributed by atoms with Crippen LogP contribution in [0.4, 0.5) is 14.6 Å². The Balaban J connectivity index is 1.57. The molecule has 3 heterocycles. The van der Waals surface area contributed by atoms with Gasteiger partial charge in [0.2, 0.25) is 11.8 Å².